The molecule has 5 nitrogen and oxygen atoms in total. The average molecular weight is 387 g/mol. The molecule has 0 aliphatic carbocycles. The number of anilines is 3. The highest BCUT2D eigenvalue weighted by Crippen LogP contribution is 2.38. The van der Waals surface area contributed by atoms with E-state index in [-0.39, 0.29) is 5.91 Å². The van der Waals surface area contributed by atoms with Crippen LogP contribution >= 0.6 is 11.6 Å². The van der Waals surface area contributed by atoms with Crippen molar-refractivity contribution in [2.75, 3.05) is 22.7 Å². The van der Waals surface area contributed by atoms with Gasteiger partial charge >= 0.3 is 6.09 Å². The maximum Gasteiger partial charge on any atom is 0.411 e. The van der Waals surface area contributed by atoms with E-state index in [1.165, 1.54) is 0 Å². The van der Waals surface area contributed by atoms with Gasteiger partial charge in [-0.05, 0) is 55.5 Å². The number of benzene rings is 2. The van der Waals surface area contributed by atoms with Crippen LogP contribution in [0.5, 0.6) is 0 Å². The summed E-state index contributed by atoms with van der Waals surface area (Å²) >= 11 is 5.80. The molecule has 0 radical (unpaired) electrons. The number of rotatable bonds is 5. The molecule has 2 amide bonds. The Morgan fingerprint density at radius 3 is 2.59 bits per heavy atom. The number of halogens is 1. The molecule has 3 rings (SSSR count). The van der Waals surface area contributed by atoms with Crippen molar-refractivity contribution < 1.29 is 14.3 Å². The van der Waals surface area contributed by atoms with E-state index >= 15 is 0 Å². The predicted molar refractivity (Wildman–Crippen MR) is 108 cm³/mol. The standard InChI is InChI=1S/C21H23ClN2O3/c1-2-27-21(26)23-17-12-11-16-10-9-15-6-3-4-7-18(15)24(19(16)14-17)20(25)8-5-13-22/h3-4,6-7,11-12,14H,2,5,8-10,13H2,1H3,(H,23,26). The number of aryl methyl sites for hydroxylation is 2. The van der Waals surface area contributed by atoms with Crippen LogP contribution in [0.4, 0.5) is 21.9 Å². The van der Waals surface area contributed by atoms with Crippen LogP contribution in [0.15, 0.2) is 42.5 Å². The molecule has 6 heteroatoms. The number of fused-ring (bicyclic) bond motifs is 2. The highest BCUT2D eigenvalue weighted by Gasteiger charge is 2.25. The van der Waals surface area contributed by atoms with Crippen LogP contribution in [-0.2, 0) is 22.4 Å². The molecular formula is C21H23ClN2O3. The van der Waals surface area contributed by atoms with Crippen molar-refractivity contribution in [3.05, 3.63) is 53.6 Å². The van der Waals surface area contributed by atoms with Gasteiger partial charge in [-0.1, -0.05) is 24.3 Å². The van der Waals surface area contributed by atoms with E-state index in [0.29, 0.717) is 31.0 Å². The van der Waals surface area contributed by atoms with Crippen molar-refractivity contribution in [1.29, 1.82) is 0 Å². The second-order valence-corrected chi connectivity index (χ2v) is 6.72. The molecule has 1 aliphatic rings. The van der Waals surface area contributed by atoms with Crippen molar-refractivity contribution in [3.8, 4) is 0 Å². The zero-order chi connectivity index (χ0) is 19.2. The number of carbonyl (C=O) groups is 2. The van der Waals surface area contributed by atoms with Crippen LogP contribution in [0.3, 0.4) is 0 Å². The summed E-state index contributed by atoms with van der Waals surface area (Å²) in [7, 11) is 0. The van der Waals surface area contributed by atoms with Gasteiger partial charge in [0.25, 0.3) is 0 Å². The third kappa shape index (κ3) is 4.42. The van der Waals surface area contributed by atoms with Crippen molar-refractivity contribution in [2.45, 2.75) is 32.6 Å². The van der Waals surface area contributed by atoms with Crippen molar-refractivity contribution in [1.82, 2.24) is 0 Å². The van der Waals surface area contributed by atoms with Crippen LogP contribution in [-0.4, -0.2) is 24.5 Å². The zero-order valence-electron chi connectivity index (χ0n) is 15.3. The molecule has 1 N–H and O–H groups in total. The second kappa shape index (κ2) is 8.91. The number of nitrogens with one attached hydrogen (secondary N) is 1. The number of hydrogen-bond donors (Lipinski definition) is 1. The monoisotopic (exact) mass is 386 g/mol. The maximum absolute atomic E-state index is 13.0. The summed E-state index contributed by atoms with van der Waals surface area (Å²) in [5.74, 6) is 0.443. The van der Waals surface area contributed by atoms with Crippen LogP contribution in [0, 0.1) is 0 Å². The van der Waals surface area contributed by atoms with Crippen molar-refractivity contribution in [3.63, 3.8) is 0 Å². The predicted octanol–water partition coefficient (Wildman–Crippen LogP) is 5.04. The Morgan fingerprint density at radius 1 is 1.11 bits per heavy atom. The highest BCUT2D eigenvalue weighted by molar-refractivity contribution is 6.18. The number of amides is 2. The molecule has 0 unspecified atom stereocenters. The fourth-order valence-corrected chi connectivity index (χ4v) is 3.42. The van der Waals surface area contributed by atoms with E-state index in [2.05, 4.69) is 11.4 Å². The van der Waals surface area contributed by atoms with Gasteiger partial charge in [0.2, 0.25) is 5.91 Å². The summed E-state index contributed by atoms with van der Waals surface area (Å²) in [6, 6.07) is 13.6. The van der Waals surface area contributed by atoms with Crippen LogP contribution in [0.1, 0.15) is 30.9 Å². The quantitative estimate of drug-likeness (QED) is 0.732. The third-order valence-electron chi connectivity index (χ3n) is 4.52. The Bertz CT molecular complexity index is 838. The molecule has 0 saturated carbocycles. The Kier molecular flexibility index (Phi) is 6.35. The average Bonchev–Trinajstić information content (AvgIpc) is 2.83. The molecule has 0 spiro atoms. The number of alkyl halides is 1. The van der Waals surface area contributed by atoms with E-state index in [9.17, 15) is 9.59 Å². The molecule has 27 heavy (non-hydrogen) atoms. The van der Waals surface area contributed by atoms with Gasteiger partial charge < -0.3 is 4.74 Å². The molecule has 0 bridgehead atoms. The smallest absolute Gasteiger partial charge is 0.411 e. The largest absolute Gasteiger partial charge is 0.450 e. The Labute approximate surface area is 164 Å². The first-order chi connectivity index (χ1) is 13.1. The molecule has 2 aromatic carbocycles. The van der Waals surface area contributed by atoms with Gasteiger partial charge in [0.1, 0.15) is 0 Å². The van der Waals surface area contributed by atoms with Crippen molar-refractivity contribution >= 4 is 40.7 Å². The molecule has 0 aromatic heterocycles. The lowest BCUT2D eigenvalue weighted by molar-refractivity contribution is -0.117. The summed E-state index contributed by atoms with van der Waals surface area (Å²) in [6.45, 7) is 2.05. The lowest BCUT2D eigenvalue weighted by atomic mass is 10.0. The molecule has 142 valence electrons. The Morgan fingerprint density at radius 2 is 1.85 bits per heavy atom. The SMILES string of the molecule is CCOC(=O)Nc1ccc2c(c1)N(C(=O)CCCCl)c1ccccc1CC2. The molecule has 1 heterocycles. The lowest BCUT2D eigenvalue weighted by Gasteiger charge is -2.25. The molecule has 0 atom stereocenters. The number of carbonyl (C=O) groups excluding carboxylic acids is 2. The fraction of sp³-hybridized carbons (Fsp3) is 0.333. The van der Waals surface area contributed by atoms with Crippen LogP contribution in [0.2, 0.25) is 0 Å². The summed E-state index contributed by atoms with van der Waals surface area (Å²) in [5.41, 5.74) is 4.49. The second-order valence-electron chi connectivity index (χ2n) is 6.34. The molecular weight excluding hydrogens is 364 g/mol. The third-order valence-corrected chi connectivity index (χ3v) is 4.79. The van der Waals surface area contributed by atoms with Crippen LogP contribution < -0.4 is 10.2 Å². The minimum Gasteiger partial charge on any atom is -0.450 e. The van der Waals surface area contributed by atoms with Gasteiger partial charge in [0.15, 0.2) is 0 Å². The van der Waals surface area contributed by atoms with E-state index in [0.717, 1.165) is 35.3 Å². The number of nitrogens with zero attached hydrogens (tertiary/aromatic N) is 1. The van der Waals surface area contributed by atoms with Gasteiger partial charge in [-0.2, -0.15) is 0 Å². The first-order valence-electron chi connectivity index (χ1n) is 9.17. The highest BCUT2D eigenvalue weighted by atomic mass is 35.5. The first-order valence-corrected chi connectivity index (χ1v) is 9.71. The van der Waals surface area contributed by atoms with E-state index in [1.54, 1.807) is 11.8 Å². The molecule has 2 aromatic rings. The summed E-state index contributed by atoms with van der Waals surface area (Å²) < 4.78 is 4.95. The minimum absolute atomic E-state index is 0.000431. The van der Waals surface area contributed by atoms with E-state index in [1.807, 2.05) is 36.4 Å². The minimum atomic E-state index is -0.508. The molecule has 1 aliphatic heterocycles. The van der Waals surface area contributed by atoms with Gasteiger partial charge in [-0.15, -0.1) is 11.6 Å². The maximum atomic E-state index is 13.0. The number of para-hydroxylation sites is 1. The van der Waals surface area contributed by atoms with Gasteiger partial charge in [0.05, 0.1) is 18.0 Å². The van der Waals surface area contributed by atoms with Gasteiger partial charge in [-0.3, -0.25) is 15.0 Å². The van der Waals surface area contributed by atoms with Crippen LogP contribution in [0.25, 0.3) is 0 Å². The zero-order valence-corrected chi connectivity index (χ0v) is 16.1. The fourth-order valence-electron chi connectivity index (χ4n) is 3.28. The van der Waals surface area contributed by atoms with E-state index in [4.69, 9.17) is 16.3 Å². The molecule has 0 saturated heterocycles. The van der Waals surface area contributed by atoms with E-state index < -0.39 is 6.09 Å². The molecule has 0 fully saturated rings. The topological polar surface area (TPSA) is 58.6 Å². The first kappa shape index (κ1) is 19.2. The Hall–Kier alpha value is -2.53. The summed E-state index contributed by atoms with van der Waals surface area (Å²) in [6.07, 6.45) is 2.16. The summed E-state index contributed by atoms with van der Waals surface area (Å²) in [4.78, 5) is 26.6. The summed E-state index contributed by atoms with van der Waals surface area (Å²) in [5, 5.41) is 2.72. The van der Waals surface area contributed by atoms with Gasteiger partial charge in [-0.25, -0.2) is 4.79 Å². The number of ether oxygens (including phenoxy) is 1. The van der Waals surface area contributed by atoms with Crippen molar-refractivity contribution in [2.24, 2.45) is 0 Å². The lowest BCUT2D eigenvalue weighted by Crippen LogP contribution is -2.27. The van der Waals surface area contributed by atoms with Gasteiger partial charge in [0, 0.05) is 18.0 Å². The Balaban J connectivity index is 2.02. The normalized spacial score (nSPS) is 12.6. The number of hydrogen-bond acceptors (Lipinski definition) is 3.